The van der Waals surface area contributed by atoms with Crippen LogP contribution in [-0.4, -0.2) is 0 Å². The zero-order valence-corrected chi connectivity index (χ0v) is 17.9. The zero-order chi connectivity index (χ0) is 21.0. The second-order valence-corrected chi connectivity index (χ2v) is 7.72. The SMILES string of the molecule is C.C.C.C#CC/C=C\c1ccc2ccc3ccc(C)c4c3c2c1C(=C)C4C.C=CCCC. The third-order valence-corrected chi connectivity index (χ3v) is 5.76. The van der Waals surface area contributed by atoms with Crippen molar-refractivity contribution in [1.29, 1.82) is 0 Å². The predicted molar refractivity (Wildman–Crippen MR) is 151 cm³/mol. The Bertz CT molecular complexity index is 1150. The Labute approximate surface area is 197 Å². The van der Waals surface area contributed by atoms with E-state index in [9.17, 15) is 0 Å². The number of rotatable bonds is 4. The molecule has 1 aliphatic carbocycles. The number of benzene rings is 3. The molecular formula is C32H42. The molecule has 3 aromatic carbocycles. The lowest BCUT2D eigenvalue weighted by atomic mass is 9.74. The first-order chi connectivity index (χ1) is 14.0. The first-order valence-electron chi connectivity index (χ1n) is 10.4. The lowest BCUT2D eigenvalue weighted by molar-refractivity contribution is 0.961. The number of hydrogen-bond acceptors (Lipinski definition) is 0. The minimum Gasteiger partial charge on any atom is -0.120 e. The zero-order valence-electron chi connectivity index (χ0n) is 17.9. The fourth-order valence-corrected chi connectivity index (χ4v) is 4.27. The van der Waals surface area contributed by atoms with Crippen molar-refractivity contribution in [3.8, 4) is 12.3 Å². The summed E-state index contributed by atoms with van der Waals surface area (Å²) in [5, 5.41) is 5.34. The Morgan fingerprint density at radius 2 is 1.59 bits per heavy atom. The van der Waals surface area contributed by atoms with Crippen LogP contribution in [0.1, 0.15) is 83.6 Å². The quantitative estimate of drug-likeness (QED) is 0.221. The summed E-state index contributed by atoms with van der Waals surface area (Å²) in [5.74, 6) is 3.00. The van der Waals surface area contributed by atoms with Crippen molar-refractivity contribution in [3.05, 3.63) is 84.0 Å². The highest BCUT2D eigenvalue weighted by Crippen LogP contribution is 2.48. The van der Waals surface area contributed by atoms with Gasteiger partial charge in [0, 0.05) is 12.3 Å². The first-order valence-corrected chi connectivity index (χ1v) is 10.4. The van der Waals surface area contributed by atoms with Crippen LogP contribution in [-0.2, 0) is 0 Å². The second-order valence-electron chi connectivity index (χ2n) is 7.72. The van der Waals surface area contributed by atoms with E-state index >= 15 is 0 Å². The highest BCUT2D eigenvalue weighted by atomic mass is 14.3. The van der Waals surface area contributed by atoms with Gasteiger partial charge in [0.25, 0.3) is 0 Å². The number of unbranched alkanes of at least 4 members (excludes halogenated alkanes) is 1. The molecule has 0 amide bonds. The third kappa shape index (κ3) is 5.23. The average molecular weight is 427 g/mol. The molecule has 3 aromatic rings. The minimum absolute atomic E-state index is 0. The molecule has 0 saturated heterocycles. The summed E-state index contributed by atoms with van der Waals surface area (Å²) in [7, 11) is 0. The third-order valence-electron chi connectivity index (χ3n) is 5.76. The lowest BCUT2D eigenvalue weighted by Gasteiger charge is -2.29. The Balaban J connectivity index is 0.00000109. The number of terminal acetylenes is 1. The van der Waals surface area contributed by atoms with E-state index in [1.165, 1.54) is 55.8 Å². The Morgan fingerprint density at radius 1 is 1.00 bits per heavy atom. The summed E-state index contributed by atoms with van der Waals surface area (Å²) in [5.41, 5.74) is 6.49. The van der Waals surface area contributed by atoms with Gasteiger partial charge in [-0.15, -0.1) is 18.9 Å². The van der Waals surface area contributed by atoms with Gasteiger partial charge in [0.2, 0.25) is 0 Å². The summed E-state index contributed by atoms with van der Waals surface area (Å²) in [4.78, 5) is 0. The number of allylic oxidation sites excluding steroid dienone is 3. The van der Waals surface area contributed by atoms with Crippen molar-refractivity contribution in [1.82, 2.24) is 0 Å². The Kier molecular flexibility index (Phi) is 11.5. The molecular weight excluding hydrogens is 384 g/mol. The van der Waals surface area contributed by atoms with Gasteiger partial charge in [-0.3, -0.25) is 0 Å². The summed E-state index contributed by atoms with van der Waals surface area (Å²) < 4.78 is 0. The highest BCUT2D eigenvalue weighted by molar-refractivity contribution is 6.18. The molecule has 0 bridgehead atoms. The van der Waals surface area contributed by atoms with Crippen molar-refractivity contribution < 1.29 is 0 Å². The van der Waals surface area contributed by atoms with Crippen LogP contribution >= 0.6 is 0 Å². The van der Waals surface area contributed by atoms with E-state index in [1.54, 1.807) is 0 Å². The minimum atomic E-state index is 0. The first kappa shape index (κ1) is 29.0. The largest absolute Gasteiger partial charge is 0.120 e. The fraction of sp³-hybridized carbons (Fsp3) is 0.312. The molecule has 0 fully saturated rings. The molecule has 0 radical (unpaired) electrons. The van der Waals surface area contributed by atoms with E-state index < -0.39 is 0 Å². The molecule has 170 valence electrons. The van der Waals surface area contributed by atoms with Crippen LogP contribution in [0.4, 0.5) is 0 Å². The highest BCUT2D eigenvalue weighted by Gasteiger charge is 2.26. The maximum atomic E-state index is 5.38. The maximum Gasteiger partial charge on any atom is 0.0270 e. The van der Waals surface area contributed by atoms with E-state index in [-0.39, 0.29) is 22.3 Å². The average Bonchev–Trinajstić information content (AvgIpc) is 2.73. The van der Waals surface area contributed by atoms with Crippen LogP contribution in [0.2, 0.25) is 0 Å². The van der Waals surface area contributed by atoms with Gasteiger partial charge >= 0.3 is 0 Å². The molecule has 0 aliphatic heterocycles. The van der Waals surface area contributed by atoms with Gasteiger partial charge in [-0.25, -0.2) is 0 Å². The molecule has 0 saturated carbocycles. The van der Waals surface area contributed by atoms with Crippen molar-refractivity contribution in [3.63, 3.8) is 0 Å². The van der Waals surface area contributed by atoms with Gasteiger partial charge in [0.05, 0.1) is 0 Å². The standard InChI is InChI=1S/C24H20.C5H10.3CH4/c1-5-6-7-8-18-11-12-20-14-13-19-10-9-15(2)21-16(3)17(4)22(18)24(20)23(19)21;1-3-5-4-2;;;/h1,7-14,16H,4,6H2,2-3H3;3H,1,4-5H2,2H3;3*1H4/b8-7-;;;;. The van der Waals surface area contributed by atoms with Gasteiger partial charge < -0.3 is 0 Å². The van der Waals surface area contributed by atoms with Crippen LogP contribution in [0, 0.1) is 19.3 Å². The van der Waals surface area contributed by atoms with Crippen molar-refractivity contribution in [2.45, 2.75) is 68.2 Å². The van der Waals surface area contributed by atoms with Gasteiger partial charge in [-0.05, 0) is 62.7 Å². The normalized spacial score (nSPS) is 13.4. The smallest absolute Gasteiger partial charge is 0.0270 e. The molecule has 0 heteroatoms. The predicted octanol–water partition coefficient (Wildman–Crippen LogP) is 10.3. The van der Waals surface area contributed by atoms with E-state index in [0.717, 1.165) is 6.42 Å². The second kappa shape index (κ2) is 12.7. The summed E-state index contributed by atoms with van der Waals surface area (Å²) in [6, 6.07) is 13.3. The summed E-state index contributed by atoms with van der Waals surface area (Å²) in [6.07, 6.45) is 14.5. The topological polar surface area (TPSA) is 0 Å². The molecule has 0 heterocycles. The van der Waals surface area contributed by atoms with Crippen molar-refractivity contribution >= 4 is 33.2 Å². The van der Waals surface area contributed by atoms with Gasteiger partial charge in [0.1, 0.15) is 0 Å². The van der Waals surface area contributed by atoms with E-state index in [1.807, 2.05) is 6.08 Å². The molecule has 1 unspecified atom stereocenters. The Morgan fingerprint density at radius 3 is 2.16 bits per heavy atom. The molecule has 0 N–H and O–H groups in total. The van der Waals surface area contributed by atoms with Crippen molar-refractivity contribution in [2.24, 2.45) is 0 Å². The van der Waals surface area contributed by atoms with Crippen LogP contribution in [0.15, 0.2) is 61.7 Å². The van der Waals surface area contributed by atoms with Crippen LogP contribution in [0.5, 0.6) is 0 Å². The van der Waals surface area contributed by atoms with Gasteiger partial charge in [-0.1, -0.05) is 104 Å². The van der Waals surface area contributed by atoms with Crippen LogP contribution < -0.4 is 0 Å². The van der Waals surface area contributed by atoms with Gasteiger partial charge in [0.15, 0.2) is 0 Å². The number of hydrogen-bond donors (Lipinski definition) is 0. The van der Waals surface area contributed by atoms with Crippen LogP contribution in [0.25, 0.3) is 33.2 Å². The monoisotopic (exact) mass is 426 g/mol. The van der Waals surface area contributed by atoms with Crippen LogP contribution in [0.3, 0.4) is 0 Å². The van der Waals surface area contributed by atoms with Crippen molar-refractivity contribution in [2.75, 3.05) is 0 Å². The van der Waals surface area contributed by atoms with Gasteiger partial charge in [-0.2, -0.15) is 0 Å². The fourth-order valence-electron chi connectivity index (χ4n) is 4.27. The summed E-state index contributed by atoms with van der Waals surface area (Å²) >= 11 is 0. The molecule has 1 atom stereocenters. The Hall–Kier alpha value is -3.04. The van der Waals surface area contributed by atoms with E-state index in [2.05, 4.69) is 88.4 Å². The molecule has 0 spiro atoms. The molecule has 32 heavy (non-hydrogen) atoms. The maximum absolute atomic E-state index is 5.38. The molecule has 0 nitrogen and oxygen atoms in total. The van der Waals surface area contributed by atoms with E-state index in [0.29, 0.717) is 12.3 Å². The van der Waals surface area contributed by atoms with E-state index in [4.69, 9.17) is 6.42 Å². The molecule has 0 aromatic heterocycles. The number of aryl methyl sites for hydroxylation is 1. The lowest BCUT2D eigenvalue weighted by Crippen LogP contribution is -2.08. The summed E-state index contributed by atoms with van der Waals surface area (Å²) in [6.45, 7) is 14.6. The molecule has 1 aliphatic rings. The molecule has 4 rings (SSSR count).